The molecule has 4 aliphatic rings. The van der Waals surface area contributed by atoms with Crippen molar-refractivity contribution in [1.29, 1.82) is 0 Å². The van der Waals surface area contributed by atoms with Crippen LogP contribution in [0.25, 0.3) is 16.6 Å². The van der Waals surface area contributed by atoms with Gasteiger partial charge in [-0.3, -0.25) is 0 Å². The average Bonchev–Trinajstić information content (AvgIpc) is 3.48. The quantitative estimate of drug-likeness (QED) is 0.243. The van der Waals surface area contributed by atoms with E-state index in [4.69, 9.17) is 0 Å². The molecule has 1 aromatic heterocycles. The van der Waals surface area contributed by atoms with Gasteiger partial charge in [0.15, 0.2) is 0 Å². The molecule has 3 nitrogen and oxygen atoms in total. The number of anilines is 3. The van der Waals surface area contributed by atoms with E-state index in [0.717, 1.165) is 0 Å². The predicted octanol–water partition coefficient (Wildman–Crippen LogP) is 6.70. The lowest BCUT2D eigenvalue weighted by atomic mass is 9.35. The predicted molar refractivity (Wildman–Crippen MR) is 168 cm³/mol. The number of hydrogen-bond donors (Lipinski definition) is 0. The minimum atomic E-state index is 0.138. The van der Waals surface area contributed by atoms with Gasteiger partial charge in [0, 0.05) is 56.6 Å². The fourth-order valence-electron chi connectivity index (χ4n) is 7.83. The van der Waals surface area contributed by atoms with Crippen LogP contribution >= 0.6 is 0 Å². The molecule has 0 amide bonds. The summed E-state index contributed by atoms with van der Waals surface area (Å²) in [6.07, 6.45) is 9.26. The lowest BCUT2D eigenvalue weighted by molar-refractivity contribution is 0.670. The van der Waals surface area contributed by atoms with E-state index in [9.17, 15) is 0 Å². The van der Waals surface area contributed by atoms with E-state index in [1.807, 2.05) is 0 Å². The highest BCUT2D eigenvalue weighted by molar-refractivity contribution is 6.95. The van der Waals surface area contributed by atoms with Crippen LogP contribution in [-0.4, -0.2) is 17.3 Å². The van der Waals surface area contributed by atoms with E-state index in [-0.39, 0.29) is 18.7 Å². The summed E-state index contributed by atoms with van der Waals surface area (Å²) >= 11 is 0. The number of allylic oxidation sites excluding steroid dienone is 2. The molecule has 5 aromatic rings. The Labute approximate surface area is 235 Å². The third-order valence-corrected chi connectivity index (χ3v) is 9.52. The largest absolute Gasteiger partial charge is 0.343 e. The van der Waals surface area contributed by atoms with Gasteiger partial charge in [-0.1, -0.05) is 85.0 Å². The Bertz CT molecular complexity index is 1950. The van der Waals surface area contributed by atoms with Crippen LogP contribution in [0.3, 0.4) is 0 Å². The Morgan fingerprint density at radius 2 is 1.38 bits per heavy atom. The lowest BCUT2D eigenvalue weighted by Crippen LogP contribution is -2.57. The number of hydrogen-bond acceptors (Lipinski definition) is 2. The number of aromatic nitrogens is 1. The van der Waals surface area contributed by atoms with E-state index < -0.39 is 0 Å². The van der Waals surface area contributed by atoms with E-state index in [2.05, 4.69) is 150 Å². The standard InChI is InChI=1S/C36H28BN3/c1-23-24(2)38-31-21-12-22-32-33(31)37(29-19-11-18-27(23)34(29)38)36-35(39(32)25-13-5-3-6-14-25)28-17-9-10-20-30(28)40(36)26-15-7-4-8-16-26/h3-22,28,30H,1-2H3. The molecule has 0 spiro atoms. The van der Waals surface area contributed by atoms with Gasteiger partial charge < -0.3 is 14.4 Å². The van der Waals surface area contributed by atoms with Crippen LogP contribution < -0.4 is 20.7 Å². The fourth-order valence-corrected chi connectivity index (χ4v) is 7.83. The molecule has 40 heavy (non-hydrogen) atoms. The maximum Gasteiger partial charge on any atom is 0.272 e. The van der Waals surface area contributed by atoms with Crippen LogP contribution in [0, 0.1) is 19.8 Å². The molecule has 4 heteroatoms. The molecule has 9 rings (SSSR count). The molecule has 0 fully saturated rings. The smallest absolute Gasteiger partial charge is 0.272 e. The highest BCUT2D eigenvalue weighted by atomic mass is 15.3. The average molecular weight is 513 g/mol. The Morgan fingerprint density at radius 3 is 2.17 bits per heavy atom. The molecule has 4 aromatic carbocycles. The third kappa shape index (κ3) is 2.66. The molecule has 4 heterocycles. The number of fused-ring (bicyclic) bond motifs is 5. The monoisotopic (exact) mass is 513 g/mol. The van der Waals surface area contributed by atoms with Gasteiger partial charge in [-0.05, 0) is 66.7 Å². The zero-order valence-corrected chi connectivity index (χ0v) is 22.6. The zero-order chi connectivity index (χ0) is 26.5. The lowest BCUT2D eigenvalue weighted by Gasteiger charge is -2.42. The van der Waals surface area contributed by atoms with Crippen LogP contribution in [-0.2, 0) is 0 Å². The van der Waals surface area contributed by atoms with E-state index in [1.165, 1.54) is 67.1 Å². The summed E-state index contributed by atoms with van der Waals surface area (Å²) in [4.78, 5) is 5.20. The van der Waals surface area contributed by atoms with Gasteiger partial charge in [-0.25, -0.2) is 0 Å². The summed E-state index contributed by atoms with van der Waals surface area (Å²) in [6, 6.07) is 36.0. The second kappa shape index (κ2) is 7.92. The maximum atomic E-state index is 2.64. The fraction of sp³-hybridized carbons (Fsp3) is 0.111. The molecule has 190 valence electrons. The topological polar surface area (TPSA) is 11.4 Å². The number of aryl methyl sites for hydroxylation is 1. The molecular formula is C36H28BN3. The molecule has 2 atom stereocenters. The SMILES string of the molecule is Cc1c(C)n2c3c(cccc13)B1C3=C(C4C=CC=CC4N3c3ccccc3)N(c3ccccc3)c3cccc-2c31. The minimum Gasteiger partial charge on any atom is -0.343 e. The Morgan fingerprint density at radius 1 is 0.675 bits per heavy atom. The zero-order valence-electron chi connectivity index (χ0n) is 22.6. The Balaban J connectivity index is 1.45. The van der Waals surface area contributed by atoms with Crippen molar-refractivity contribution in [3.8, 4) is 5.69 Å². The van der Waals surface area contributed by atoms with Gasteiger partial charge in [-0.2, -0.15) is 0 Å². The van der Waals surface area contributed by atoms with Crippen LogP contribution in [0.4, 0.5) is 17.1 Å². The summed E-state index contributed by atoms with van der Waals surface area (Å²) in [7, 11) is 0. The maximum absolute atomic E-state index is 2.64. The third-order valence-electron chi connectivity index (χ3n) is 9.52. The van der Waals surface area contributed by atoms with E-state index >= 15 is 0 Å². The van der Waals surface area contributed by atoms with Crippen molar-refractivity contribution in [3.05, 3.63) is 144 Å². The highest BCUT2D eigenvalue weighted by Gasteiger charge is 2.52. The molecule has 1 aliphatic carbocycles. The molecule has 3 aliphatic heterocycles. The van der Waals surface area contributed by atoms with E-state index in [1.54, 1.807) is 0 Å². The second-order valence-electron chi connectivity index (χ2n) is 11.4. The van der Waals surface area contributed by atoms with Crippen molar-refractivity contribution in [3.63, 3.8) is 0 Å². The van der Waals surface area contributed by atoms with Crippen molar-refractivity contribution in [2.24, 2.45) is 5.92 Å². The van der Waals surface area contributed by atoms with Crippen LogP contribution in [0.2, 0.25) is 0 Å². The second-order valence-corrected chi connectivity index (χ2v) is 11.4. The van der Waals surface area contributed by atoms with Crippen molar-refractivity contribution >= 4 is 45.6 Å². The van der Waals surface area contributed by atoms with Crippen molar-refractivity contribution in [2.75, 3.05) is 9.80 Å². The first kappa shape index (κ1) is 22.2. The van der Waals surface area contributed by atoms with Crippen molar-refractivity contribution in [1.82, 2.24) is 4.57 Å². The summed E-state index contributed by atoms with van der Waals surface area (Å²) in [5, 5.41) is 1.36. The first-order chi connectivity index (χ1) is 19.7. The van der Waals surface area contributed by atoms with Gasteiger partial charge in [0.25, 0.3) is 6.71 Å². The van der Waals surface area contributed by atoms with Gasteiger partial charge in [-0.15, -0.1) is 0 Å². The summed E-state index contributed by atoms with van der Waals surface area (Å²) in [5.74, 6) is 0.244. The number of nitrogens with zero attached hydrogens (tertiary/aromatic N) is 3. The molecule has 0 N–H and O–H groups in total. The van der Waals surface area contributed by atoms with Gasteiger partial charge in [0.05, 0.1) is 6.04 Å². The van der Waals surface area contributed by atoms with Gasteiger partial charge in [0.1, 0.15) is 0 Å². The Kier molecular flexibility index (Phi) is 4.39. The minimum absolute atomic E-state index is 0.138. The van der Waals surface area contributed by atoms with Crippen LogP contribution in [0.1, 0.15) is 11.3 Å². The molecular weight excluding hydrogens is 485 g/mol. The van der Waals surface area contributed by atoms with E-state index in [0.29, 0.717) is 0 Å². The van der Waals surface area contributed by atoms with Crippen molar-refractivity contribution < 1.29 is 0 Å². The molecule has 2 unspecified atom stereocenters. The molecule has 0 bridgehead atoms. The van der Waals surface area contributed by atoms with Crippen molar-refractivity contribution in [2.45, 2.75) is 19.9 Å². The number of rotatable bonds is 2. The van der Waals surface area contributed by atoms with Crippen LogP contribution in [0.5, 0.6) is 0 Å². The molecule has 0 saturated carbocycles. The summed E-state index contributed by atoms with van der Waals surface area (Å²) < 4.78 is 2.53. The summed E-state index contributed by atoms with van der Waals surface area (Å²) in [6.45, 7) is 4.69. The Hall–Kier alpha value is -4.70. The normalized spacial score (nSPS) is 19.8. The molecule has 0 radical (unpaired) electrons. The molecule has 0 saturated heterocycles. The first-order valence-corrected chi connectivity index (χ1v) is 14.3. The van der Waals surface area contributed by atoms with Gasteiger partial charge >= 0.3 is 0 Å². The highest BCUT2D eigenvalue weighted by Crippen LogP contribution is 2.50. The first-order valence-electron chi connectivity index (χ1n) is 14.3. The number of para-hydroxylation sites is 3. The van der Waals surface area contributed by atoms with Gasteiger partial charge in [0.2, 0.25) is 0 Å². The van der Waals surface area contributed by atoms with Crippen LogP contribution in [0.15, 0.2) is 133 Å². The number of benzene rings is 4. The summed E-state index contributed by atoms with van der Waals surface area (Å²) in [5.41, 5.74) is 14.7.